The summed E-state index contributed by atoms with van der Waals surface area (Å²) in [5, 5.41) is 16.9. The molecule has 2 heterocycles. The van der Waals surface area contributed by atoms with Crippen LogP contribution >= 0.6 is 0 Å². The van der Waals surface area contributed by atoms with Crippen LogP contribution in [-0.2, 0) is 11.3 Å². The van der Waals surface area contributed by atoms with Gasteiger partial charge >= 0.3 is 5.97 Å². The van der Waals surface area contributed by atoms with Crippen LogP contribution in [0.25, 0.3) is 0 Å². The largest absolute Gasteiger partial charge is 0.476 e. The number of aromatic carboxylic acids is 1. The topological polar surface area (TPSA) is 77.2 Å². The Morgan fingerprint density at radius 1 is 1.61 bits per heavy atom. The minimum Gasteiger partial charge on any atom is -0.476 e. The van der Waals surface area contributed by atoms with Crippen molar-refractivity contribution in [1.82, 2.24) is 15.0 Å². The highest BCUT2D eigenvalue weighted by Crippen LogP contribution is 2.30. The first-order chi connectivity index (χ1) is 8.59. The fourth-order valence-electron chi connectivity index (χ4n) is 2.13. The minimum atomic E-state index is -1.03. The summed E-state index contributed by atoms with van der Waals surface area (Å²) in [6, 6.07) is 0. The van der Waals surface area contributed by atoms with Crippen LogP contribution in [0.2, 0.25) is 0 Å². The fourth-order valence-corrected chi connectivity index (χ4v) is 2.13. The van der Waals surface area contributed by atoms with Gasteiger partial charge in [-0.3, -0.25) is 0 Å². The molecule has 1 fully saturated rings. The van der Waals surface area contributed by atoms with Gasteiger partial charge in [0, 0.05) is 13.2 Å². The van der Waals surface area contributed by atoms with Gasteiger partial charge in [0.1, 0.15) is 11.8 Å². The quantitative estimate of drug-likeness (QED) is 0.866. The Hall–Kier alpha value is -1.43. The number of carbonyl (C=O) groups is 1. The maximum atomic E-state index is 11.2. The summed E-state index contributed by atoms with van der Waals surface area (Å²) in [5.74, 6) is -0.490. The van der Waals surface area contributed by atoms with Crippen molar-refractivity contribution in [3.8, 4) is 0 Å². The molecule has 0 aliphatic carbocycles. The van der Waals surface area contributed by atoms with Crippen LogP contribution in [0.1, 0.15) is 55.4 Å². The van der Waals surface area contributed by atoms with E-state index >= 15 is 0 Å². The summed E-state index contributed by atoms with van der Waals surface area (Å²) in [6.07, 6.45) is 2.58. The Balaban J connectivity index is 2.25. The van der Waals surface area contributed by atoms with E-state index in [0.717, 1.165) is 19.3 Å². The summed E-state index contributed by atoms with van der Waals surface area (Å²) >= 11 is 0. The first-order valence-corrected chi connectivity index (χ1v) is 6.38. The Bertz CT molecular complexity index is 422. The van der Waals surface area contributed by atoms with Crippen molar-refractivity contribution >= 4 is 5.97 Å². The molecule has 18 heavy (non-hydrogen) atoms. The van der Waals surface area contributed by atoms with E-state index < -0.39 is 5.97 Å². The summed E-state index contributed by atoms with van der Waals surface area (Å²) in [6.45, 7) is 5.62. The predicted octanol–water partition coefficient (Wildman–Crippen LogP) is 1.87. The normalized spacial score (nSPS) is 19.6. The number of rotatable bonds is 5. The second-order valence-electron chi connectivity index (χ2n) is 5.04. The lowest BCUT2D eigenvalue weighted by molar-refractivity contribution is 0.0671. The molecule has 1 aliphatic heterocycles. The molecule has 1 atom stereocenters. The third-order valence-corrected chi connectivity index (χ3v) is 3.13. The maximum absolute atomic E-state index is 11.2. The zero-order chi connectivity index (χ0) is 13.1. The number of hydrogen-bond acceptors (Lipinski definition) is 4. The SMILES string of the molecule is CC(C)CCn1nnc(C(=O)O)c1C1CCCO1. The molecule has 0 spiro atoms. The zero-order valence-electron chi connectivity index (χ0n) is 10.8. The van der Waals surface area contributed by atoms with Gasteiger partial charge in [0.25, 0.3) is 0 Å². The predicted molar refractivity (Wildman–Crippen MR) is 64.4 cm³/mol. The van der Waals surface area contributed by atoms with Gasteiger partial charge < -0.3 is 9.84 Å². The second-order valence-corrected chi connectivity index (χ2v) is 5.04. The summed E-state index contributed by atoms with van der Waals surface area (Å²) < 4.78 is 7.27. The average Bonchev–Trinajstić information content (AvgIpc) is 2.94. The van der Waals surface area contributed by atoms with E-state index in [4.69, 9.17) is 9.84 Å². The molecular formula is C12H19N3O3. The molecule has 0 saturated carbocycles. The minimum absolute atomic E-state index is 0.0330. The first kappa shape index (κ1) is 13.0. The van der Waals surface area contributed by atoms with Gasteiger partial charge in [-0.2, -0.15) is 0 Å². The van der Waals surface area contributed by atoms with Crippen LogP contribution in [0.3, 0.4) is 0 Å². The number of ether oxygens (including phenoxy) is 1. The number of aryl methyl sites for hydroxylation is 1. The molecule has 1 aromatic heterocycles. The van der Waals surface area contributed by atoms with Crippen LogP contribution < -0.4 is 0 Å². The smallest absolute Gasteiger partial charge is 0.358 e. The van der Waals surface area contributed by atoms with Crippen molar-refractivity contribution in [3.05, 3.63) is 11.4 Å². The molecule has 0 aromatic carbocycles. The van der Waals surface area contributed by atoms with Gasteiger partial charge in [0.2, 0.25) is 0 Å². The van der Waals surface area contributed by atoms with Gasteiger partial charge in [-0.05, 0) is 25.2 Å². The van der Waals surface area contributed by atoms with Crippen molar-refractivity contribution < 1.29 is 14.6 Å². The molecule has 1 saturated heterocycles. The molecule has 1 aromatic rings. The Morgan fingerprint density at radius 3 is 2.94 bits per heavy atom. The van der Waals surface area contributed by atoms with Crippen molar-refractivity contribution in [2.75, 3.05) is 6.61 Å². The molecule has 6 heteroatoms. The third-order valence-electron chi connectivity index (χ3n) is 3.13. The second kappa shape index (κ2) is 5.48. The van der Waals surface area contributed by atoms with Crippen LogP contribution in [0.4, 0.5) is 0 Å². The van der Waals surface area contributed by atoms with Gasteiger partial charge in [0.05, 0.1) is 0 Å². The molecular weight excluding hydrogens is 234 g/mol. The van der Waals surface area contributed by atoms with Gasteiger partial charge in [-0.15, -0.1) is 5.10 Å². The van der Waals surface area contributed by atoms with Crippen LogP contribution in [-0.4, -0.2) is 32.7 Å². The number of hydrogen-bond donors (Lipinski definition) is 1. The van der Waals surface area contributed by atoms with E-state index in [2.05, 4.69) is 24.2 Å². The molecule has 1 aliphatic rings. The molecule has 0 bridgehead atoms. The fraction of sp³-hybridized carbons (Fsp3) is 0.750. The first-order valence-electron chi connectivity index (χ1n) is 6.38. The van der Waals surface area contributed by atoms with E-state index in [-0.39, 0.29) is 11.8 Å². The zero-order valence-corrected chi connectivity index (χ0v) is 10.8. The highest BCUT2D eigenvalue weighted by atomic mass is 16.5. The molecule has 0 amide bonds. The monoisotopic (exact) mass is 253 g/mol. The van der Waals surface area contributed by atoms with Crippen molar-refractivity contribution in [2.45, 2.75) is 45.8 Å². The van der Waals surface area contributed by atoms with E-state index in [9.17, 15) is 4.79 Å². The van der Waals surface area contributed by atoms with Crippen LogP contribution in [0.15, 0.2) is 0 Å². The Morgan fingerprint density at radius 2 is 2.39 bits per heavy atom. The number of aromatic nitrogens is 3. The van der Waals surface area contributed by atoms with E-state index in [1.165, 1.54) is 0 Å². The molecule has 1 unspecified atom stereocenters. The van der Waals surface area contributed by atoms with Gasteiger partial charge in [-0.25, -0.2) is 9.48 Å². The summed E-state index contributed by atoms with van der Waals surface area (Å²) in [4.78, 5) is 11.2. The lowest BCUT2D eigenvalue weighted by Gasteiger charge is -2.13. The number of nitrogens with zero attached hydrogens (tertiary/aromatic N) is 3. The molecule has 100 valence electrons. The number of carboxylic acid groups (broad SMARTS) is 1. The molecule has 1 N–H and O–H groups in total. The molecule has 6 nitrogen and oxygen atoms in total. The van der Waals surface area contributed by atoms with E-state index in [1.54, 1.807) is 4.68 Å². The van der Waals surface area contributed by atoms with Crippen LogP contribution in [0, 0.1) is 5.92 Å². The standard InChI is InChI=1S/C12H19N3O3/c1-8(2)5-6-15-11(9-4-3-7-18-9)10(12(16)17)13-14-15/h8-9H,3-7H2,1-2H3,(H,16,17). The molecule has 0 radical (unpaired) electrons. The Labute approximate surface area is 106 Å². The lowest BCUT2D eigenvalue weighted by atomic mass is 10.1. The van der Waals surface area contributed by atoms with E-state index in [0.29, 0.717) is 24.8 Å². The highest BCUT2D eigenvalue weighted by Gasteiger charge is 2.29. The highest BCUT2D eigenvalue weighted by molar-refractivity contribution is 5.86. The summed E-state index contributed by atoms with van der Waals surface area (Å²) in [5.41, 5.74) is 0.659. The maximum Gasteiger partial charge on any atom is 0.358 e. The Kier molecular flexibility index (Phi) is 3.96. The van der Waals surface area contributed by atoms with Gasteiger partial charge in [-0.1, -0.05) is 19.1 Å². The summed E-state index contributed by atoms with van der Waals surface area (Å²) in [7, 11) is 0. The average molecular weight is 253 g/mol. The van der Waals surface area contributed by atoms with E-state index in [1.807, 2.05) is 0 Å². The number of carboxylic acids is 1. The van der Waals surface area contributed by atoms with Crippen molar-refractivity contribution in [1.29, 1.82) is 0 Å². The lowest BCUT2D eigenvalue weighted by Crippen LogP contribution is -2.13. The molecule has 2 rings (SSSR count). The van der Waals surface area contributed by atoms with Crippen molar-refractivity contribution in [3.63, 3.8) is 0 Å². The van der Waals surface area contributed by atoms with Gasteiger partial charge in [0.15, 0.2) is 5.69 Å². The van der Waals surface area contributed by atoms with Crippen molar-refractivity contribution in [2.24, 2.45) is 5.92 Å². The van der Waals surface area contributed by atoms with Crippen LogP contribution in [0.5, 0.6) is 0 Å². The third kappa shape index (κ3) is 2.69.